The molecule has 1 fully saturated rings. The van der Waals surface area contributed by atoms with Crippen molar-refractivity contribution >= 4 is 59.4 Å². The summed E-state index contributed by atoms with van der Waals surface area (Å²) in [5, 5.41) is 41.6. The maximum Gasteiger partial charge on any atom is 0.410 e. The third kappa shape index (κ3) is 22.2. The molecule has 4 rings (SSSR count). The number of hydrogen-bond acceptors (Lipinski definition) is 15. The second-order valence-electron chi connectivity index (χ2n) is 20.6. The lowest BCUT2D eigenvalue weighted by atomic mass is 9.96. The number of nitrogens with one attached hydrogen (secondary N) is 8. The van der Waals surface area contributed by atoms with Crippen LogP contribution in [0.15, 0.2) is 72.2 Å². The van der Waals surface area contributed by atoms with Gasteiger partial charge in [0.25, 0.3) is 5.96 Å². The van der Waals surface area contributed by atoms with Crippen molar-refractivity contribution in [2.24, 2.45) is 22.7 Å². The summed E-state index contributed by atoms with van der Waals surface area (Å²) in [5.74, 6) is -7.69. The van der Waals surface area contributed by atoms with Gasteiger partial charge in [-0.1, -0.05) is 89.9 Å². The molecule has 0 aliphatic carbocycles. The van der Waals surface area contributed by atoms with Gasteiger partial charge in [0.2, 0.25) is 41.4 Å². The summed E-state index contributed by atoms with van der Waals surface area (Å²) in [5.41, 5.74) is 7.14. The molecular weight excluding hydrogens is 1080 g/mol. The Morgan fingerprint density at radius 1 is 0.831 bits per heavy atom. The lowest BCUT2D eigenvalue weighted by Gasteiger charge is -2.32. The average Bonchev–Trinajstić information content (AvgIpc) is 4.42. The third-order valence-corrected chi connectivity index (χ3v) is 13.6. The number of H-pyrrole nitrogens is 1. The number of benzene rings is 2. The van der Waals surface area contributed by atoms with E-state index in [2.05, 4.69) is 52.3 Å². The van der Waals surface area contributed by atoms with E-state index in [0.29, 0.717) is 36.1 Å². The maximum absolute atomic E-state index is 14.7. The van der Waals surface area contributed by atoms with E-state index < -0.39 is 125 Å². The standard InChI is InChI=1S/C55H80N14O14/c1-8-10-26-82-53(78)35(6)60-49(74)43-19-15-25-68(43)52(77)42(28-38-29-57-32-59-38)63-51(76)46(34(5)9-2)65-48(73)41(27-36-20-22-39(70)23-21-36)62-50(75)45(33(3)4)64-47(72)40(18-14-24-58-54(56)66-69(80)81)61-44(71)30-67(7)55(79)83-31-37-16-12-11-13-17-37/h11-13,16-17,20-23,29,32-35,40-43,45-46,70H,8-10,14-15,18-19,24-28,30-31H2,1-7H3,(H,57,59)(H,60,74)(H,61,71)(H,62,75)(H,63,76)(H,64,72)(H,65,73)(H3,56,58,66)/t34?,35-,40?,41+,42+,43+,45+,46+/m1/s1. The Bertz CT molecular complexity index is 2680. The molecule has 0 radical (unpaired) electrons. The summed E-state index contributed by atoms with van der Waals surface area (Å²) in [6.45, 7) is 9.87. The fourth-order valence-electron chi connectivity index (χ4n) is 8.73. The Balaban J connectivity index is 1.56. The number of esters is 1. The smallest absolute Gasteiger partial charge is 0.410 e. The summed E-state index contributed by atoms with van der Waals surface area (Å²) in [6, 6.07) is 5.89. The van der Waals surface area contributed by atoms with Gasteiger partial charge in [-0.05, 0) is 74.1 Å². The van der Waals surface area contributed by atoms with Gasteiger partial charge < -0.3 is 72.3 Å². The van der Waals surface area contributed by atoms with Crippen molar-refractivity contribution in [3.63, 3.8) is 0 Å². The van der Waals surface area contributed by atoms with Crippen LogP contribution in [0.1, 0.15) is 103 Å². The molecule has 2 aromatic carbocycles. The van der Waals surface area contributed by atoms with E-state index >= 15 is 0 Å². The quantitative estimate of drug-likeness (QED) is 0.0104. The second kappa shape index (κ2) is 33.8. The number of guanidine groups is 1. The van der Waals surface area contributed by atoms with E-state index in [1.165, 1.54) is 49.5 Å². The molecular formula is C55H80N14O14. The number of rotatable bonds is 32. The van der Waals surface area contributed by atoms with E-state index in [1.807, 2.05) is 6.92 Å². The van der Waals surface area contributed by atoms with Gasteiger partial charge in [0.15, 0.2) is 5.03 Å². The molecule has 11 N–H and O–H groups in total. The van der Waals surface area contributed by atoms with Crippen molar-refractivity contribution in [1.82, 2.24) is 57.0 Å². The lowest BCUT2D eigenvalue weighted by Crippen LogP contribution is -2.62. The van der Waals surface area contributed by atoms with Crippen LogP contribution in [0.4, 0.5) is 4.79 Å². The molecule has 0 spiro atoms. The third-order valence-electron chi connectivity index (χ3n) is 13.6. The lowest BCUT2D eigenvalue weighted by molar-refractivity contribution is -0.485. The molecule has 1 saturated heterocycles. The Morgan fingerprint density at radius 3 is 2.13 bits per heavy atom. The largest absolute Gasteiger partial charge is 0.508 e. The van der Waals surface area contributed by atoms with Gasteiger partial charge in [0.1, 0.15) is 66.3 Å². The van der Waals surface area contributed by atoms with E-state index in [-0.39, 0.29) is 64.2 Å². The van der Waals surface area contributed by atoms with Gasteiger partial charge in [0.05, 0.1) is 18.6 Å². The SMILES string of the molecule is CCCCOC(=O)[C@@H](C)NC(=O)[C@@H]1CCCN1C(=O)[C@H](Cc1c[nH]cn1)NC(=O)[C@@H](NC(=O)[C@H](Cc1ccc(O)cc1)NC(=O)[C@@H](NC(=O)C(CCCN/C(N)=N\[N+](=O)[O-])NC(=O)CN(C)C(=O)OCc1ccccc1)C(C)C)C(C)CC. The number of hydrazone groups is 1. The van der Waals surface area contributed by atoms with E-state index in [1.54, 1.807) is 64.2 Å². The number of phenols is 1. The topological polar surface area (TPSA) is 393 Å². The van der Waals surface area contributed by atoms with Gasteiger partial charge in [0, 0.05) is 39.2 Å². The van der Waals surface area contributed by atoms with Crippen LogP contribution in [0.5, 0.6) is 5.75 Å². The molecule has 8 amide bonds. The second-order valence-corrected chi connectivity index (χ2v) is 20.6. The number of nitrogens with zero attached hydrogens (tertiary/aromatic N) is 5. The van der Waals surface area contributed by atoms with E-state index in [4.69, 9.17) is 15.2 Å². The number of aromatic nitrogens is 2. The van der Waals surface area contributed by atoms with Crippen molar-refractivity contribution in [2.45, 2.75) is 148 Å². The fraction of sp³-hybridized carbons (Fsp3) is 0.545. The highest BCUT2D eigenvalue weighted by Gasteiger charge is 2.41. The highest BCUT2D eigenvalue weighted by atomic mass is 16.7. The van der Waals surface area contributed by atoms with Crippen LogP contribution in [0, 0.1) is 22.0 Å². The number of nitrogens with two attached hydrogens (primary N) is 1. The molecule has 83 heavy (non-hydrogen) atoms. The highest BCUT2D eigenvalue weighted by Crippen LogP contribution is 2.21. The molecule has 1 aliphatic rings. The number of nitro groups is 1. The summed E-state index contributed by atoms with van der Waals surface area (Å²) in [7, 11) is 1.32. The van der Waals surface area contributed by atoms with Crippen LogP contribution in [0.2, 0.25) is 0 Å². The summed E-state index contributed by atoms with van der Waals surface area (Å²) in [6.07, 6.45) is 4.31. The van der Waals surface area contributed by atoms with Crippen molar-refractivity contribution in [1.29, 1.82) is 0 Å². The minimum atomic E-state index is -1.44. The van der Waals surface area contributed by atoms with Crippen LogP contribution in [-0.4, -0.2) is 165 Å². The molecule has 28 heteroatoms. The molecule has 0 bridgehead atoms. The summed E-state index contributed by atoms with van der Waals surface area (Å²) < 4.78 is 10.6. The Morgan fingerprint density at radius 2 is 1.49 bits per heavy atom. The number of phenolic OH excluding ortho intramolecular Hbond substituents is 1. The van der Waals surface area contributed by atoms with E-state index in [0.717, 1.165) is 11.3 Å². The Hall–Kier alpha value is -8.85. The number of ether oxygens (including phenoxy) is 2. The zero-order valence-electron chi connectivity index (χ0n) is 48.0. The molecule has 1 aliphatic heterocycles. The monoisotopic (exact) mass is 1160 g/mol. The van der Waals surface area contributed by atoms with Crippen LogP contribution in [-0.2, 0) is 67.3 Å². The van der Waals surface area contributed by atoms with Gasteiger partial charge in [-0.15, -0.1) is 0 Å². The number of unbranched alkanes of at least 4 members (excludes halogenated alkanes) is 1. The van der Waals surface area contributed by atoms with Gasteiger partial charge >= 0.3 is 12.1 Å². The fourth-order valence-corrected chi connectivity index (χ4v) is 8.73. The van der Waals surface area contributed by atoms with Crippen LogP contribution >= 0.6 is 0 Å². The number of amides is 8. The number of hydrogen-bond donors (Lipinski definition) is 10. The Kier molecular flexibility index (Phi) is 27.1. The van der Waals surface area contributed by atoms with Crippen molar-refractivity contribution in [2.75, 3.05) is 33.3 Å². The van der Waals surface area contributed by atoms with Crippen LogP contribution < -0.4 is 43.0 Å². The van der Waals surface area contributed by atoms with E-state index in [9.17, 15) is 58.4 Å². The van der Waals surface area contributed by atoms with Crippen molar-refractivity contribution in [3.05, 3.63) is 94.1 Å². The first-order chi connectivity index (χ1) is 39.5. The number of aromatic hydroxyl groups is 1. The predicted octanol–water partition coefficient (Wildman–Crippen LogP) is 1.01. The number of imidazole rings is 1. The molecule has 2 unspecified atom stereocenters. The highest BCUT2D eigenvalue weighted by molar-refractivity contribution is 5.98. The normalized spacial score (nSPS) is 15.6. The van der Waals surface area contributed by atoms with Gasteiger partial charge in [-0.25, -0.2) is 24.7 Å². The summed E-state index contributed by atoms with van der Waals surface area (Å²) >= 11 is 0. The zero-order chi connectivity index (χ0) is 61.2. The van der Waals surface area contributed by atoms with Crippen molar-refractivity contribution in [3.8, 4) is 5.75 Å². The van der Waals surface area contributed by atoms with Crippen LogP contribution in [0.25, 0.3) is 0 Å². The molecule has 2 heterocycles. The molecule has 454 valence electrons. The van der Waals surface area contributed by atoms with Crippen LogP contribution in [0.3, 0.4) is 0 Å². The molecule has 8 atom stereocenters. The van der Waals surface area contributed by atoms with Gasteiger partial charge in [-0.2, -0.15) is 0 Å². The maximum atomic E-state index is 14.7. The number of likely N-dealkylation sites (tertiary alicyclic amines) is 1. The van der Waals surface area contributed by atoms with Crippen molar-refractivity contribution < 1.29 is 62.8 Å². The molecule has 28 nitrogen and oxygen atoms in total. The first kappa shape index (κ1) is 66.7. The summed E-state index contributed by atoms with van der Waals surface area (Å²) in [4.78, 5) is 145. The number of aromatic amines is 1. The first-order valence-corrected chi connectivity index (χ1v) is 27.7. The predicted molar refractivity (Wildman–Crippen MR) is 301 cm³/mol. The molecule has 3 aromatic rings. The molecule has 0 saturated carbocycles. The van der Waals surface area contributed by atoms with Gasteiger partial charge in [-0.3, -0.25) is 33.6 Å². The number of carbonyl (C=O) groups is 9. The average molecular weight is 1160 g/mol. The zero-order valence-corrected chi connectivity index (χ0v) is 48.0. The minimum absolute atomic E-state index is 0.0373. The first-order valence-electron chi connectivity index (χ1n) is 27.7. The number of likely N-dealkylation sites (N-methyl/N-ethyl adjacent to an activating group) is 1. The Labute approximate surface area is 481 Å². The number of carbonyl (C=O) groups excluding carboxylic acids is 9. The minimum Gasteiger partial charge on any atom is -0.508 e. The molecule has 1 aromatic heterocycles.